The highest BCUT2D eigenvalue weighted by Gasteiger charge is 2.30. The third-order valence-corrected chi connectivity index (χ3v) is 4.40. The van der Waals surface area contributed by atoms with Crippen LogP contribution in [0.4, 0.5) is 0 Å². The van der Waals surface area contributed by atoms with Crippen LogP contribution in [0.5, 0.6) is 0 Å². The van der Waals surface area contributed by atoms with E-state index in [1.165, 1.54) is 12.8 Å². The SMILES string of the molecule is CCC(C)(CC)NC(=O)c1cc(Br)cn1C1CC1. The van der Waals surface area contributed by atoms with E-state index in [4.69, 9.17) is 0 Å². The summed E-state index contributed by atoms with van der Waals surface area (Å²) in [5.41, 5.74) is 0.667. The minimum Gasteiger partial charge on any atom is -0.346 e. The number of aromatic nitrogens is 1. The summed E-state index contributed by atoms with van der Waals surface area (Å²) in [5.74, 6) is 0.0406. The van der Waals surface area contributed by atoms with Gasteiger partial charge in [0.15, 0.2) is 0 Å². The molecule has 1 saturated carbocycles. The van der Waals surface area contributed by atoms with Crippen LogP contribution in [0.3, 0.4) is 0 Å². The van der Waals surface area contributed by atoms with E-state index in [2.05, 4.69) is 46.6 Å². The van der Waals surface area contributed by atoms with E-state index in [0.717, 1.165) is 23.0 Å². The van der Waals surface area contributed by atoms with Crippen molar-refractivity contribution >= 4 is 21.8 Å². The summed E-state index contributed by atoms with van der Waals surface area (Å²) in [5, 5.41) is 3.16. The zero-order valence-electron chi connectivity index (χ0n) is 11.3. The second-order valence-corrected chi connectivity index (χ2v) is 6.32. The molecule has 100 valence electrons. The van der Waals surface area contributed by atoms with Gasteiger partial charge in [-0.1, -0.05) is 13.8 Å². The third-order valence-electron chi connectivity index (χ3n) is 3.96. The number of nitrogens with one attached hydrogen (secondary N) is 1. The molecule has 1 aromatic heterocycles. The molecular weight excluding hydrogens is 292 g/mol. The first-order valence-electron chi connectivity index (χ1n) is 6.69. The van der Waals surface area contributed by atoms with Gasteiger partial charge in [-0.2, -0.15) is 0 Å². The van der Waals surface area contributed by atoms with Crippen LogP contribution in [0.15, 0.2) is 16.7 Å². The molecule has 0 radical (unpaired) electrons. The molecule has 0 atom stereocenters. The summed E-state index contributed by atoms with van der Waals surface area (Å²) in [6, 6.07) is 2.44. The number of hydrogen-bond acceptors (Lipinski definition) is 1. The fraction of sp³-hybridized carbons (Fsp3) is 0.643. The molecule has 1 aliphatic carbocycles. The first-order chi connectivity index (χ1) is 8.49. The van der Waals surface area contributed by atoms with Crippen molar-refractivity contribution in [1.82, 2.24) is 9.88 Å². The summed E-state index contributed by atoms with van der Waals surface area (Å²) in [6.07, 6.45) is 6.27. The molecule has 18 heavy (non-hydrogen) atoms. The normalized spacial score (nSPS) is 15.8. The minimum atomic E-state index is -0.109. The van der Waals surface area contributed by atoms with Gasteiger partial charge in [0, 0.05) is 22.3 Å². The highest BCUT2D eigenvalue weighted by Crippen LogP contribution is 2.37. The Morgan fingerprint density at radius 1 is 1.50 bits per heavy atom. The standard InChI is InChI=1S/C14H21BrN2O/c1-4-14(3,5-2)16-13(18)12-8-10(15)9-17(12)11-6-7-11/h8-9,11H,4-7H2,1-3H3,(H,16,18). The molecule has 1 aromatic rings. The maximum atomic E-state index is 12.4. The summed E-state index contributed by atoms with van der Waals surface area (Å²) in [7, 11) is 0. The number of nitrogens with zero attached hydrogens (tertiary/aromatic N) is 1. The molecule has 1 fully saturated rings. The zero-order chi connectivity index (χ0) is 13.3. The molecule has 4 heteroatoms. The van der Waals surface area contributed by atoms with Crippen LogP contribution in [-0.2, 0) is 0 Å². The summed E-state index contributed by atoms with van der Waals surface area (Å²) >= 11 is 3.46. The van der Waals surface area contributed by atoms with Crippen molar-refractivity contribution in [2.45, 2.75) is 58.0 Å². The lowest BCUT2D eigenvalue weighted by Gasteiger charge is -2.28. The highest BCUT2D eigenvalue weighted by atomic mass is 79.9. The number of hydrogen-bond donors (Lipinski definition) is 1. The second-order valence-electron chi connectivity index (χ2n) is 5.40. The quantitative estimate of drug-likeness (QED) is 0.879. The Labute approximate surface area is 117 Å². The average Bonchev–Trinajstić information content (AvgIpc) is 3.12. The van der Waals surface area contributed by atoms with Crippen LogP contribution >= 0.6 is 15.9 Å². The Bertz CT molecular complexity index is 445. The molecule has 0 spiro atoms. The topological polar surface area (TPSA) is 34.0 Å². The molecular formula is C14H21BrN2O. The molecule has 0 bridgehead atoms. The van der Waals surface area contributed by atoms with Crippen LogP contribution in [0.1, 0.15) is 63.0 Å². The van der Waals surface area contributed by atoms with Crippen LogP contribution in [0, 0.1) is 0 Å². The summed E-state index contributed by atoms with van der Waals surface area (Å²) in [4.78, 5) is 12.4. The smallest absolute Gasteiger partial charge is 0.268 e. The Morgan fingerprint density at radius 3 is 2.61 bits per heavy atom. The van der Waals surface area contributed by atoms with Gasteiger partial charge in [0.1, 0.15) is 5.69 Å². The van der Waals surface area contributed by atoms with Gasteiger partial charge in [0.25, 0.3) is 5.91 Å². The summed E-state index contributed by atoms with van der Waals surface area (Å²) in [6.45, 7) is 6.32. The second kappa shape index (κ2) is 5.08. The van der Waals surface area contributed by atoms with Crippen LogP contribution in [0.2, 0.25) is 0 Å². The molecule has 3 nitrogen and oxygen atoms in total. The van der Waals surface area contributed by atoms with Crippen molar-refractivity contribution in [2.24, 2.45) is 0 Å². The van der Waals surface area contributed by atoms with Crippen molar-refractivity contribution < 1.29 is 4.79 Å². The Kier molecular flexibility index (Phi) is 3.85. The monoisotopic (exact) mass is 312 g/mol. The minimum absolute atomic E-state index is 0.0406. The number of rotatable bonds is 5. The predicted octanol–water partition coefficient (Wildman–Crippen LogP) is 3.89. The van der Waals surface area contributed by atoms with Gasteiger partial charge in [0.05, 0.1) is 0 Å². The van der Waals surface area contributed by atoms with Gasteiger partial charge >= 0.3 is 0 Å². The summed E-state index contributed by atoms with van der Waals surface area (Å²) < 4.78 is 3.08. The molecule has 0 aromatic carbocycles. The van der Waals surface area contributed by atoms with Crippen molar-refractivity contribution in [2.75, 3.05) is 0 Å². The van der Waals surface area contributed by atoms with Crippen LogP contribution in [-0.4, -0.2) is 16.0 Å². The number of amides is 1. The first-order valence-corrected chi connectivity index (χ1v) is 7.48. The van der Waals surface area contributed by atoms with Gasteiger partial charge in [0.2, 0.25) is 0 Å². The Hall–Kier alpha value is -0.770. The maximum absolute atomic E-state index is 12.4. The molecule has 0 aliphatic heterocycles. The molecule has 1 heterocycles. The third kappa shape index (κ3) is 2.79. The predicted molar refractivity (Wildman–Crippen MR) is 76.9 cm³/mol. The number of carbonyl (C=O) groups excluding carboxylic acids is 1. The van der Waals surface area contributed by atoms with E-state index in [1.54, 1.807) is 0 Å². The number of carbonyl (C=O) groups is 1. The van der Waals surface area contributed by atoms with Crippen molar-refractivity contribution in [3.8, 4) is 0 Å². The fourth-order valence-corrected chi connectivity index (χ4v) is 2.48. The Morgan fingerprint density at radius 2 is 2.11 bits per heavy atom. The van der Waals surface area contributed by atoms with Gasteiger partial charge in [-0.3, -0.25) is 4.79 Å². The molecule has 1 amide bonds. The van der Waals surface area contributed by atoms with Crippen molar-refractivity contribution in [1.29, 1.82) is 0 Å². The molecule has 1 N–H and O–H groups in total. The van der Waals surface area contributed by atoms with Gasteiger partial charge in [-0.05, 0) is 54.6 Å². The van der Waals surface area contributed by atoms with E-state index in [1.807, 2.05) is 12.3 Å². The van der Waals surface area contributed by atoms with Crippen molar-refractivity contribution in [3.63, 3.8) is 0 Å². The van der Waals surface area contributed by atoms with Gasteiger partial charge in [-0.15, -0.1) is 0 Å². The lowest BCUT2D eigenvalue weighted by molar-refractivity contribution is 0.0891. The van der Waals surface area contributed by atoms with E-state index >= 15 is 0 Å². The molecule has 2 rings (SSSR count). The molecule has 0 saturated heterocycles. The van der Waals surface area contributed by atoms with E-state index in [9.17, 15) is 4.79 Å². The van der Waals surface area contributed by atoms with Gasteiger partial charge < -0.3 is 9.88 Å². The average molecular weight is 313 g/mol. The van der Waals surface area contributed by atoms with Crippen LogP contribution in [0.25, 0.3) is 0 Å². The highest BCUT2D eigenvalue weighted by molar-refractivity contribution is 9.10. The largest absolute Gasteiger partial charge is 0.346 e. The molecule has 1 aliphatic rings. The number of halogens is 1. The van der Waals surface area contributed by atoms with Gasteiger partial charge in [-0.25, -0.2) is 0 Å². The lowest BCUT2D eigenvalue weighted by Crippen LogP contribution is -2.45. The molecule has 0 unspecified atom stereocenters. The Balaban J connectivity index is 2.18. The van der Waals surface area contributed by atoms with E-state index < -0.39 is 0 Å². The van der Waals surface area contributed by atoms with E-state index in [-0.39, 0.29) is 11.4 Å². The maximum Gasteiger partial charge on any atom is 0.268 e. The van der Waals surface area contributed by atoms with E-state index in [0.29, 0.717) is 6.04 Å². The zero-order valence-corrected chi connectivity index (χ0v) is 12.9. The fourth-order valence-electron chi connectivity index (χ4n) is 2.05. The lowest BCUT2D eigenvalue weighted by atomic mass is 9.95. The van der Waals surface area contributed by atoms with Crippen molar-refractivity contribution in [3.05, 3.63) is 22.4 Å². The van der Waals surface area contributed by atoms with Crippen LogP contribution < -0.4 is 5.32 Å². The first kappa shape index (κ1) is 13.7.